The van der Waals surface area contributed by atoms with E-state index in [0.29, 0.717) is 26.3 Å². The number of ether oxygens (including phenoxy) is 2. The van der Waals surface area contributed by atoms with Gasteiger partial charge in [0.05, 0.1) is 13.2 Å². The highest BCUT2D eigenvalue weighted by atomic mass is 16.5. The second kappa shape index (κ2) is 9.20. The lowest BCUT2D eigenvalue weighted by atomic mass is 10.3. The van der Waals surface area contributed by atoms with E-state index in [1.807, 2.05) is 38.1 Å². The normalized spacial score (nSPS) is 10.2. The Hall–Kier alpha value is -1.75. The lowest BCUT2D eigenvalue weighted by Gasteiger charge is -2.15. The highest BCUT2D eigenvalue weighted by molar-refractivity contribution is 5.77. The van der Waals surface area contributed by atoms with Gasteiger partial charge in [-0.05, 0) is 26.0 Å². The summed E-state index contributed by atoms with van der Waals surface area (Å²) in [5.74, 6) is 1.56. The van der Waals surface area contributed by atoms with Crippen molar-refractivity contribution in [2.75, 3.05) is 39.9 Å². The molecule has 1 rings (SSSR count). The number of hydrogen-bond acceptors (Lipinski definition) is 4. The molecule has 20 heavy (non-hydrogen) atoms. The number of carbonyl (C=O) groups excluding carboxylic acids is 1. The van der Waals surface area contributed by atoms with Gasteiger partial charge in [0.2, 0.25) is 5.91 Å². The van der Waals surface area contributed by atoms with Crippen molar-refractivity contribution in [2.24, 2.45) is 0 Å². The van der Waals surface area contributed by atoms with E-state index in [2.05, 4.69) is 5.32 Å². The lowest BCUT2D eigenvalue weighted by molar-refractivity contribution is -0.128. The number of amides is 1. The van der Waals surface area contributed by atoms with E-state index >= 15 is 0 Å². The standard InChI is InChI=1S/C15H24N2O3/c1-4-17(3)15(18)12-16-10-11-20-14-9-7-6-8-13(14)19-5-2/h6-9,16H,4-5,10-12H2,1-3H3. The number of rotatable bonds is 9. The van der Waals surface area contributed by atoms with Gasteiger partial charge in [-0.1, -0.05) is 12.1 Å². The zero-order chi connectivity index (χ0) is 14.8. The molecule has 1 amide bonds. The van der Waals surface area contributed by atoms with E-state index < -0.39 is 0 Å². The Morgan fingerprint density at radius 3 is 2.45 bits per heavy atom. The molecule has 1 N–H and O–H groups in total. The molecular formula is C15H24N2O3. The third-order valence-corrected chi connectivity index (χ3v) is 2.86. The number of para-hydroxylation sites is 2. The third-order valence-electron chi connectivity index (χ3n) is 2.86. The van der Waals surface area contributed by atoms with Crippen LogP contribution in [0.25, 0.3) is 0 Å². The number of likely N-dealkylation sites (N-methyl/N-ethyl adjacent to an activating group) is 1. The number of nitrogens with one attached hydrogen (secondary N) is 1. The Labute approximate surface area is 120 Å². The third kappa shape index (κ3) is 5.48. The van der Waals surface area contributed by atoms with Gasteiger partial charge in [0.25, 0.3) is 0 Å². The largest absolute Gasteiger partial charge is 0.490 e. The Morgan fingerprint density at radius 1 is 1.20 bits per heavy atom. The fourth-order valence-electron chi connectivity index (χ4n) is 1.58. The summed E-state index contributed by atoms with van der Waals surface area (Å²) in [6.45, 7) is 6.66. The van der Waals surface area contributed by atoms with Crippen molar-refractivity contribution in [2.45, 2.75) is 13.8 Å². The van der Waals surface area contributed by atoms with Gasteiger partial charge >= 0.3 is 0 Å². The molecule has 112 valence electrons. The number of benzene rings is 1. The van der Waals surface area contributed by atoms with Crippen molar-refractivity contribution in [1.82, 2.24) is 10.2 Å². The molecule has 0 aromatic heterocycles. The van der Waals surface area contributed by atoms with E-state index in [-0.39, 0.29) is 5.91 Å². The topological polar surface area (TPSA) is 50.8 Å². The number of carbonyl (C=O) groups is 1. The average molecular weight is 280 g/mol. The molecule has 0 bridgehead atoms. The van der Waals surface area contributed by atoms with Crippen LogP contribution in [0, 0.1) is 0 Å². The summed E-state index contributed by atoms with van der Waals surface area (Å²) >= 11 is 0. The maximum absolute atomic E-state index is 11.5. The summed E-state index contributed by atoms with van der Waals surface area (Å²) in [4.78, 5) is 13.2. The molecular weight excluding hydrogens is 256 g/mol. The molecule has 0 aliphatic carbocycles. The summed E-state index contributed by atoms with van der Waals surface area (Å²) in [5.41, 5.74) is 0. The molecule has 5 heteroatoms. The van der Waals surface area contributed by atoms with Crippen molar-refractivity contribution in [3.63, 3.8) is 0 Å². The van der Waals surface area contributed by atoms with Crippen molar-refractivity contribution in [1.29, 1.82) is 0 Å². The van der Waals surface area contributed by atoms with Crippen molar-refractivity contribution >= 4 is 5.91 Å². The molecule has 0 radical (unpaired) electrons. The van der Waals surface area contributed by atoms with Gasteiger partial charge in [0.15, 0.2) is 11.5 Å². The van der Waals surface area contributed by atoms with Crippen LogP contribution in [0.5, 0.6) is 11.5 Å². The molecule has 0 atom stereocenters. The molecule has 0 unspecified atom stereocenters. The summed E-state index contributed by atoms with van der Waals surface area (Å²) in [5, 5.41) is 3.07. The van der Waals surface area contributed by atoms with E-state index in [1.165, 1.54) is 0 Å². The molecule has 1 aromatic rings. The quantitative estimate of drug-likeness (QED) is 0.697. The predicted molar refractivity (Wildman–Crippen MR) is 79.3 cm³/mol. The predicted octanol–water partition coefficient (Wildman–Crippen LogP) is 1.53. The van der Waals surface area contributed by atoms with Crippen LogP contribution in [0.4, 0.5) is 0 Å². The molecule has 0 saturated heterocycles. The van der Waals surface area contributed by atoms with Crippen LogP contribution in [0.3, 0.4) is 0 Å². The van der Waals surface area contributed by atoms with E-state index in [1.54, 1.807) is 11.9 Å². The first-order chi connectivity index (χ1) is 9.69. The number of nitrogens with zero attached hydrogens (tertiary/aromatic N) is 1. The van der Waals surface area contributed by atoms with E-state index in [9.17, 15) is 4.79 Å². The van der Waals surface area contributed by atoms with Crippen LogP contribution >= 0.6 is 0 Å². The lowest BCUT2D eigenvalue weighted by Crippen LogP contribution is -2.36. The summed E-state index contributed by atoms with van der Waals surface area (Å²) in [7, 11) is 1.79. The van der Waals surface area contributed by atoms with Crippen LogP contribution < -0.4 is 14.8 Å². The molecule has 5 nitrogen and oxygen atoms in total. The Bertz CT molecular complexity index is 410. The monoisotopic (exact) mass is 280 g/mol. The van der Waals surface area contributed by atoms with E-state index in [4.69, 9.17) is 9.47 Å². The fraction of sp³-hybridized carbons (Fsp3) is 0.533. The minimum absolute atomic E-state index is 0.0854. The first kappa shape index (κ1) is 16.3. The minimum Gasteiger partial charge on any atom is -0.490 e. The van der Waals surface area contributed by atoms with Crippen molar-refractivity contribution in [3.05, 3.63) is 24.3 Å². The van der Waals surface area contributed by atoms with Gasteiger partial charge in [0, 0.05) is 20.1 Å². The SMILES string of the molecule is CCOc1ccccc1OCCNCC(=O)N(C)CC. The second-order valence-corrected chi connectivity index (χ2v) is 4.31. The summed E-state index contributed by atoms with van der Waals surface area (Å²) < 4.78 is 11.1. The minimum atomic E-state index is 0.0854. The summed E-state index contributed by atoms with van der Waals surface area (Å²) in [6, 6.07) is 7.58. The first-order valence-corrected chi connectivity index (χ1v) is 6.98. The van der Waals surface area contributed by atoms with Crippen LogP contribution in [0.1, 0.15) is 13.8 Å². The Morgan fingerprint density at radius 2 is 1.85 bits per heavy atom. The number of hydrogen-bond donors (Lipinski definition) is 1. The average Bonchev–Trinajstić information content (AvgIpc) is 2.47. The van der Waals surface area contributed by atoms with Crippen molar-refractivity contribution in [3.8, 4) is 11.5 Å². The van der Waals surface area contributed by atoms with Gasteiger partial charge in [-0.15, -0.1) is 0 Å². The van der Waals surface area contributed by atoms with Crippen LogP contribution in [-0.4, -0.2) is 50.7 Å². The maximum atomic E-state index is 11.5. The van der Waals surface area contributed by atoms with Gasteiger partial charge in [0.1, 0.15) is 6.61 Å². The zero-order valence-electron chi connectivity index (χ0n) is 12.5. The van der Waals surface area contributed by atoms with E-state index in [0.717, 1.165) is 18.0 Å². The van der Waals surface area contributed by atoms with Gasteiger partial charge in [-0.25, -0.2) is 0 Å². The molecule has 1 aromatic carbocycles. The molecule has 0 fully saturated rings. The highest BCUT2D eigenvalue weighted by Crippen LogP contribution is 2.25. The zero-order valence-corrected chi connectivity index (χ0v) is 12.5. The molecule has 0 saturated carbocycles. The molecule has 0 aliphatic rings. The van der Waals surface area contributed by atoms with Gasteiger partial charge in [-0.2, -0.15) is 0 Å². The second-order valence-electron chi connectivity index (χ2n) is 4.31. The summed E-state index contributed by atoms with van der Waals surface area (Å²) in [6.07, 6.45) is 0. The fourth-order valence-corrected chi connectivity index (χ4v) is 1.58. The van der Waals surface area contributed by atoms with Crippen LogP contribution in [0.15, 0.2) is 24.3 Å². The molecule has 0 spiro atoms. The van der Waals surface area contributed by atoms with Crippen LogP contribution in [-0.2, 0) is 4.79 Å². The van der Waals surface area contributed by atoms with Crippen LogP contribution in [0.2, 0.25) is 0 Å². The smallest absolute Gasteiger partial charge is 0.236 e. The van der Waals surface area contributed by atoms with Gasteiger partial charge in [-0.3, -0.25) is 4.79 Å². The molecule has 0 aliphatic heterocycles. The van der Waals surface area contributed by atoms with Gasteiger partial charge < -0.3 is 19.7 Å². The molecule has 0 heterocycles. The van der Waals surface area contributed by atoms with Crippen molar-refractivity contribution < 1.29 is 14.3 Å². The maximum Gasteiger partial charge on any atom is 0.236 e. The first-order valence-electron chi connectivity index (χ1n) is 6.98. The Balaban J connectivity index is 2.26. The highest BCUT2D eigenvalue weighted by Gasteiger charge is 2.06. The Kier molecular flexibility index (Phi) is 7.50.